The van der Waals surface area contributed by atoms with Crippen LogP contribution in [0.15, 0.2) is 67.0 Å². The molecule has 32 heavy (non-hydrogen) atoms. The number of halogens is 2. The zero-order chi connectivity index (χ0) is 22.7. The number of nitrogens with zero attached hydrogens (tertiary/aromatic N) is 3. The second-order valence-corrected chi connectivity index (χ2v) is 8.05. The van der Waals surface area contributed by atoms with Crippen molar-refractivity contribution in [2.45, 2.75) is 26.9 Å². The minimum atomic E-state index is -0.501. The number of hydrogen-bond acceptors (Lipinski definition) is 3. The van der Waals surface area contributed by atoms with E-state index in [4.69, 9.17) is 11.6 Å². The summed E-state index contributed by atoms with van der Waals surface area (Å²) in [4.78, 5) is 23.3. The van der Waals surface area contributed by atoms with E-state index in [1.807, 2.05) is 32.0 Å². The molecule has 4 aromatic rings. The van der Waals surface area contributed by atoms with Gasteiger partial charge in [-0.25, -0.2) is 14.2 Å². The fraction of sp³-hybridized carbons (Fsp3) is 0.160. The number of fused-ring (bicyclic) bond motifs is 1. The van der Waals surface area contributed by atoms with Crippen molar-refractivity contribution in [1.29, 1.82) is 0 Å². The van der Waals surface area contributed by atoms with Gasteiger partial charge in [0.05, 0.1) is 17.7 Å². The van der Waals surface area contributed by atoms with Crippen molar-refractivity contribution in [3.63, 3.8) is 0 Å². The topological polar surface area (TPSA) is 58.1 Å². The molecule has 0 aliphatic heterocycles. The average molecular weight is 449 g/mol. The maximum absolute atomic E-state index is 14.1. The number of pyridine rings is 2. The van der Waals surface area contributed by atoms with Gasteiger partial charge < -0.3 is 10.2 Å². The fourth-order valence-electron chi connectivity index (χ4n) is 3.45. The lowest BCUT2D eigenvalue weighted by Gasteiger charge is -2.24. The summed E-state index contributed by atoms with van der Waals surface area (Å²) in [5, 5.41) is 3.93. The van der Waals surface area contributed by atoms with Crippen molar-refractivity contribution < 1.29 is 9.18 Å². The Balaban J connectivity index is 1.66. The Bertz CT molecular complexity index is 1280. The SMILES string of the molecule is Cc1cc2cc(CN(Cc3cccnc3)C(=O)Nc3ccccc3F)c(Cl)nc2cc1C. The number of urea groups is 1. The summed E-state index contributed by atoms with van der Waals surface area (Å²) in [5.41, 5.74) is 4.75. The van der Waals surface area contributed by atoms with E-state index >= 15 is 0 Å². The molecule has 0 saturated carbocycles. The summed E-state index contributed by atoms with van der Waals surface area (Å²) >= 11 is 6.49. The van der Waals surface area contributed by atoms with E-state index in [1.54, 1.807) is 35.5 Å². The molecule has 4 rings (SSSR count). The Morgan fingerprint density at radius 3 is 2.59 bits per heavy atom. The minimum Gasteiger partial charge on any atom is -0.316 e. The smallest absolute Gasteiger partial charge is 0.316 e. The first-order chi connectivity index (χ1) is 15.4. The van der Waals surface area contributed by atoms with Crippen LogP contribution in [0.1, 0.15) is 22.3 Å². The fourth-order valence-corrected chi connectivity index (χ4v) is 3.65. The molecule has 2 aromatic carbocycles. The quantitative estimate of drug-likeness (QED) is 0.366. The molecule has 0 unspecified atom stereocenters. The van der Waals surface area contributed by atoms with E-state index in [1.165, 1.54) is 12.1 Å². The number of nitrogens with one attached hydrogen (secondary N) is 1. The molecule has 7 heteroatoms. The number of rotatable bonds is 5. The van der Waals surface area contributed by atoms with Crippen LogP contribution >= 0.6 is 11.6 Å². The number of para-hydroxylation sites is 1. The van der Waals surface area contributed by atoms with Gasteiger partial charge in [-0.3, -0.25) is 4.98 Å². The van der Waals surface area contributed by atoms with E-state index in [2.05, 4.69) is 21.4 Å². The minimum absolute atomic E-state index is 0.113. The number of aromatic nitrogens is 2. The standard InChI is InChI=1S/C25H22ClFN4O/c1-16-10-19-12-20(24(26)29-23(19)11-17(16)2)15-31(14-18-6-5-9-28-13-18)25(32)30-22-8-4-3-7-21(22)27/h3-13H,14-15H2,1-2H3,(H,30,32). The van der Waals surface area contributed by atoms with Crippen LogP contribution in [0.5, 0.6) is 0 Å². The maximum Gasteiger partial charge on any atom is 0.322 e. The van der Waals surface area contributed by atoms with E-state index in [9.17, 15) is 9.18 Å². The van der Waals surface area contributed by atoms with Crippen LogP contribution in [0, 0.1) is 19.7 Å². The predicted molar refractivity (Wildman–Crippen MR) is 125 cm³/mol. The maximum atomic E-state index is 14.1. The van der Waals surface area contributed by atoms with Gasteiger partial charge in [-0.05, 0) is 66.9 Å². The lowest BCUT2D eigenvalue weighted by Crippen LogP contribution is -2.34. The predicted octanol–water partition coefficient (Wildman–Crippen LogP) is 6.27. The molecule has 2 amide bonds. The molecule has 0 fully saturated rings. The van der Waals surface area contributed by atoms with Crippen LogP contribution in [-0.2, 0) is 13.1 Å². The summed E-state index contributed by atoms with van der Waals surface area (Å²) < 4.78 is 14.1. The van der Waals surface area contributed by atoms with Gasteiger partial charge in [-0.2, -0.15) is 0 Å². The number of anilines is 1. The molecule has 1 N–H and O–H groups in total. The van der Waals surface area contributed by atoms with Gasteiger partial charge in [0.25, 0.3) is 0 Å². The molecule has 162 valence electrons. The van der Waals surface area contributed by atoms with Gasteiger partial charge in [0, 0.05) is 29.9 Å². The number of hydrogen-bond donors (Lipinski definition) is 1. The number of amides is 2. The van der Waals surface area contributed by atoms with Gasteiger partial charge in [0.15, 0.2) is 0 Å². The molecule has 2 heterocycles. The summed E-state index contributed by atoms with van der Waals surface area (Å²) in [5.74, 6) is -0.501. The molecule has 2 aromatic heterocycles. The first kappa shape index (κ1) is 21.7. The highest BCUT2D eigenvalue weighted by atomic mass is 35.5. The number of benzene rings is 2. The van der Waals surface area contributed by atoms with Crippen LogP contribution in [0.25, 0.3) is 10.9 Å². The van der Waals surface area contributed by atoms with Crippen LogP contribution in [0.2, 0.25) is 5.15 Å². The van der Waals surface area contributed by atoms with E-state index < -0.39 is 11.8 Å². The van der Waals surface area contributed by atoms with Gasteiger partial charge in [-0.15, -0.1) is 0 Å². The van der Waals surface area contributed by atoms with E-state index in [0.29, 0.717) is 10.7 Å². The number of carbonyl (C=O) groups excluding carboxylic acids is 1. The van der Waals surface area contributed by atoms with Crippen molar-refractivity contribution in [2.24, 2.45) is 0 Å². The monoisotopic (exact) mass is 448 g/mol. The molecular weight excluding hydrogens is 427 g/mol. The normalized spacial score (nSPS) is 10.9. The van der Waals surface area contributed by atoms with Crippen LogP contribution in [0.4, 0.5) is 14.9 Å². The lowest BCUT2D eigenvalue weighted by molar-refractivity contribution is 0.206. The first-order valence-corrected chi connectivity index (χ1v) is 10.5. The molecule has 0 atom stereocenters. The molecule has 5 nitrogen and oxygen atoms in total. The second-order valence-electron chi connectivity index (χ2n) is 7.69. The van der Waals surface area contributed by atoms with Gasteiger partial charge in [-0.1, -0.05) is 29.8 Å². The highest BCUT2D eigenvalue weighted by Crippen LogP contribution is 2.25. The Morgan fingerprint density at radius 1 is 1.06 bits per heavy atom. The van der Waals surface area contributed by atoms with Crippen molar-refractivity contribution in [3.05, 3.63) is 100 Å². The zero-order valence-electron chi connectivity index (χ0n) is 17.8. The lowest BCUT2D eigenvalue weighted by atomic mass is 10.0. The van der Waals surface area contributed by atoms with E-state index in [-0.39, 0.29) is 18.8 Å². The summed E-state index contributed by atoms with van der Waals surface area (Å²) in [6.07, 6.45) is 3.36. The largest absolute Gasteiger partial charge is 0.322 e. The Kier molecular flexibility index (Phi) is 6.32. The van der Waals surface area contributed by atoms with Gasteiger partial charge in [0.1, 0.15) is 11.0 Å². The third-order valence-electron chi connectivity index (χ3n) is 5.32. The number of carbonyl (C=O) groups is 1. The highest BCUT2D eigenvalue weighted by molar-refractivity contribution is 6.30. The first-order valence-electron chi connectivity index (χ1n) is 10.2. The summed E-state index contributed by atoms with van der Waals surface area (Å²) in [7, 11) is 0. The molecule has 0 aliphatic rings. The Hall–Kier alpha value is -3.51. The van der Waals surface area contributed by atoms with Gasteiger partial charge in [0.2, 0.25) is 0 Å². The molecule has 0 spiro atoms. The third-order valence-corrected chi connectivity index (χ3v) is 5.64. The van der Waals surface area contributed by atoms with Gasteiger partial charge >= 0.3 is 6.03 Å². The molecule has 0 bridgehead atoms. The van der Waals surface area contributed by atoms with E-state index in [0.717, 1.165) is 27.6 Å². The molecular formula is C25H22ClFN4O. The van der Waals surface area contributed by atoms with Crippen molar-refractivity contribution in [2.75, 3.05) is 5.32 Å². The average Bonchev–Trinajstić information content (AvgIpc) is 2.77. The zero-order valence-corrected chi connectivity index (χ0v) is 18.5. The second kappa shape index (κ2) is 9.32. The summed E-state index contributed by atoms with van der Waals surface area (Å²) in [6.45, 7) is 4.54. The number of aryl methyl sites for hydroxylation is 2. The highest BCUT2D eigenvalue weighted by Gasteiger charge is 2.19. The molecule has 0 saturated heterocycles. The van der Waals surface area contributed by atoms with Crippen molar-refractivity contribution >= 4 is 34.2 Å². The summed E-state index contributed by atoms with van der Waals surface area (Å²) in [6, 6.07) is 15.3. The molecule has 0 radical (unpaired) electrons. The molecule has 0 aliphatic carbocycles. The van der Waals surface area contributed by atoms with Crippen LogP contribution < -0.4 is 5.32 Å². The third kappa shape index (κ3) is 4.86. The Morgan fingerprint density at radius 2 is 1.84 bits per heavy atom. The Labute approximate surface area is 190 Å². The van der Waals surface area contributed by atoms with Crippen molar-refractivity contribution in [3.8, 4) is 0 Å². The van der Waals surface area contributed by atoms with Crippen LogP contribution in [-0.4, -0.2) is 20.9 Å². The van der Waals surface area contributed by atoms with Crippen molar-refractivity contribution in [1.82, 2.24) is 14.9 Å². The van der Waals surface area contributed by atoms with Crippen LogP contribution in [0.3, 0.4) is 0 Å².